The van der Waals surface area contributed by atoms with Crippen LogP contribution >= 0.6 is 0 Å². The van der Waals surface area contributed by atoms with Crippen LogP contribution in [0.4, 0.5) is 5.82 Å². The van der Waals surface area contributed by atoms with E-state index in [4.69, 9.17) is 0 Å². The Labute approximate surface area is 103 Å². The molecule has 2 rings (SSSR count). The van der Waals surface area contributed by atoms with Crippen molar-refractivity contribution in [2.24, 2.45) is 0 Å². The summed E-state index contributed by atoms with van der Waals surface area (Å²) in [6.07, 6.45) is 2.86. The highest BCUT2D eigenvalue weighted by Gasteiger charge is 2.18. The maximum atomic E-state index is 4.41. The quantitative estimate of drug-likeness (QED) is 0.801. The molecule has 1 aliphatic heterocycles. The van der Waals surface area contributed by atoms with Crippen LogP contribution in [0, 0.1) is 0 Å². The summed E-state index contributed by atoms with van der Waals surface area (Å²) in [6.45, 7) is 10.8. The lowest BCUT2D eigenvalue weighted by atomic mass is 9.92. The van der Waals surface area contributed by atoms with E-state index in [1.807, 2.05) is 0 Å². The molecular weight excluding hydrogens is 212 g/mol. The molecule has 94 valence electrons. The molecular formula is C13H22N4. The van der Waals surface area contributed by atoms with Crippen molar-refractivity contribution in [3.8, 4) is 0 Å². The fourth-order valence-electron chi connectivity index (χ4n) is 2.00. The molecule has 4 heteroatoms. The number of hydrogen-bond acceptors (Lipinski definition) is 4. The Bertz CT molecular complexity index is 362. The van der Waals surface area contributed by atoms with Gasteiger partial charge in [0, 0.05) is 31.1 Å². The van der Waals surface area contributed by atoms with Crippen molar-refractivity contribution in [3.05, 3.63) is 18.1 Å². The summed E-state index contributed by atoms with van der Waals surface area (Å²) in [7, 11) is 0. The average molecular weight is 234 g/mol. The molecule has 2 heterocycles. The molecule has 0 bridgehead atoms. The second kappa shape index (κ2) is 5.00. The van der Waals surface area contributed by atoms with Gasteiger partial charge in [0.15, 0.2) is 0 Å². The van der Waals surface area contributed by atoms with Gasteiger partial charge in [-0.3, -0.25) is 0 Å². The minimum atomic E-state index is 0.0851. The van der Waals surface area contributed by atoms with Gasteiger partial charge in [0.25, 0.3) is 0 Å². The molecule has 1 N–H and O–H groups in total. The van der Waals surface area contributed by atoms with Gasteiger partial charge in [0.2, 0.25) is 0 Å². The summed E-state index contributed by atoms with van der Waals surface area (Å²) in [5, 5.41) is 3.41. The van der Waals surface area contributed by atoms with Gasteiger partial charge in [-0.15, -0.1) is 0 Å². The van der Waals surface area contributed by atoms with E-state index in [9.17, 15) is 0 Å². The smallest absolute Gasteiger partial charge is 0.132 e. The Kier molecular flexibility index (Phi) is 3.62. The van der Waals surface area contributed by atoms with Gasteiger partial charge in [0.1, 0.15) is 12.1 Å². The van der Waals surface area contributed by atoms with Crippen molar-refractivity contribution >= 4 is 5.82 Å². The lowest BCUT2D eigenvalue weighted by Gasteiger charge is -2.23. The fourth-order valence-corrected chi connectivity index (χ4v) is 2.00. The fraction of sp³-hybridized carbons (Fsp3) is 0.692. The Balaban J connectivity index is 2.20. The van der Waals surface area contributed by atoms with E-state index in [1.54, 1.807) is 6.33 Å². The highest BCUT2D eigenvalue weighted by atomic mass is 15.2. The first-order valence-corrected chi connectivity index (χ1v) is 6.35. The number of aromatic nitrogens is 2. The van der Waals surface area contributed by atoms with Crippen LogP contribution in [0.1, 0.15) is 32.9 Å². The molecule has 0 saturated carbocycles. The highest BCUT2D eigenvalue weighted by Crippen LogP contribution is 2.22. The Hall–Kier alpha value is -1.16. The predicted octanol–water partition coefficient (Wildman–Crippen LogP) is 1.57. The SMILES string of the molecule is CC(C)(C)c1cc(N2CCCNCC2)ncn1. The maximum Gasteiger partial charge on any atom is 0.132 e. The van der Waals surface area contributed by atoms with E-state index >= 15 is 0 Å². The third kappa shape index (κ3) is 3.16. The van der Waals surface area contributed by atoms with Crippen molar-refractivity contribution in [3.63, 3.8) is 0 Å². The topological polar surface area (TPSA) is 41.0 Å². The molecule has 1 aromatic rings. The minimum absolute atomic E-state index is 0.0851. The summed E-state index contributed by atoms with van der Waals surface area (Å²) in [6, 6.07) is 2.13. The third-order valence-electron chi connectivity index (χ3n) is 3.09. The van der Waals surface area contributed by atoms with Crippen LogP contribution in [0.5, 0.6) is 0 Å². The number of anilines is 1. The summed E-state index contributed by atoms with van der Waals surface area (Å²) in [4.78, 5) is 11.1. The van der Waals surface area contributed by atoms with Crippen LogP contribution in [0.2, 0.25) is 0 Å². The molecule has 17 heavy (non-hydrogen) atoms. The van der Waals surface area contributed by atoms with Gasteiger partial charge in [-0.1, -0.05) is 20.8 Å². The van der Waals surface area contributed by atoms with E-state index < -0.39 is 0 Å². The number of nitrogens with one attached hydrogen (secondary N) is 1. The second-order valence-electron chi connectivity index (χ2n) is 5.60. The van der Waals surface area contributed by atoms with Gasteiger partial charge in [-0.05, 0) is 13.0 Å². The van der Waals surface area contributed by atoms with Crippen LogP contribution in [-0.2, 0) is 5.41 Å². The third-order valence-corrected chi connectivity index (χ3v) is 3.09. The van der Waals surface area contributed by atoms with Gasteiger partial charge in [-0.25, -0.2) is 9.97 Å². The maximum absolute atomic E-state index is 4.41. The Morgan fingerprint density at radius 3 is 2.76 bits per heavy atom. The Morgan fingerprint density at radius 2 is 2.00 bits per heavy atom. The van der Waals surface area contributed by atoms with Gasteiger partial charge < -0.3 is 10.2 Å². The van der Waals surface area contributed by atoms with Crippen LogP contribution < -0.4 is 10.2 Å². The molecule has 0 spiro atoms. The summed E-state index contributed by atoms with van der Waals surface area (Å²) >= 11 is 0. The molecule has 0 unspecified atom stereocenters. The van der Waals surface area contributed by atoms with Gasteiger partial charge in [-0.2, -0.15) is 0 Å². The van der Waals surface area contributed by atoms with E-state index in [0.29, 0.717) is 0 Å². The number of nitrogens with zero attached hydrogens (tertiary/aromatic N) is 3. The van der Waals surface area contributed by atoms with Crippen molar-refractivity contribution in [2.75, 3.05) is 31.1 Å². The average Bonchev–Trinajstić information content (AvgIpc) is 2.56. The number of hydrogen-bond donors (Lipinski definition) is 1. The summed E-state index contributed by atoms with van der Waals surface area (Å²) in [5.41, 5.74) is 1.20. The molecule has 1 saturated heterocycles. The van der Waals surface area contributed by atoms with Crippen LogP contribution in [-0.4, -0.2) is 36.1 Å². The molecule has 0 atom stereocenters. The van der Waals surface area contributed by atoms with Crippen molar-refractivity contribution < 1.29 is 0 Å². The lowest BCUT2D eigenvalue weighted by molar-refractivity contribution is 0.566. The van der Waals surface area contributed by atoms with Crippen molar-refractivity contribution in [1.29, 1.82) is 0 Å². The largest absolute Gasteiger partial charge is 0.355 e. The summed E-state index contributed by atoms with van der Waals surface area (Å²) in [5.74, 6) is 1.06. The lowest BCUT2D eigenvalue weighted by Crippen LogP contribution is -2.29. The van der Waals surface area contributed by atoms with Crippen LogP contribution in [0.25, 0.3) is 0 Å². The first-order chi connectivity index (χ1) is 8.07. The molecule has 0 aromatic carbocycles. The zero-order valence-corrected chi connectivity index (χ0v) is 11.0. The first-order valence-electron chi connectivity index (χ1n) is 6.35. The zero-order chi connectivity index (χ0) is 12.3. The summed E-state index contributed by atoms with van der Waals surface area (Å²) < 4.78 is 0. The minimum Gasteiger partial charge on any atom is -0.355 e. The molecule has 1 aromatic heterocycles. The normalized spacial score (nSPS) is 17.9. The van der Waals surface area contributed by atoms with E-state index in [-0.39, 0.29) is 5.41 Å². The molecule has 1 fully saturated rings. The number of rotatable bonds is 1. The predicted molar refractivity (Wildman–Crippen MR) is 70.4 cm³/mol. The zero-order valence-electron chi connectivity index (χ0n) is 11.0. The monoisotopic (exact) mass is 234 g/mol. The molecule has 0 aliphatic carbocycles. The van der Waals surface area contributed by atoms with E-state index in [1.165, 1.54) is 6.42 Å². The standard InChI is InChI=1S/C13H22N4/c1-13(2,3)11-9-12(16-10-15-11)17-7-4-5-14-6-8-17/h9-10,14H,4-8H2,1-3H3. The van der Waals surface area contributed by atoms with Gasteiger partial charge in [0.05, 0.1) is 5.69 Å². The van der Waals surface area contributed by atoms with Crippen LogP contribution in [0.3, 0.4) is 0 Å². The highest BCUT2D eigenvalue weighted by molar-refractivity contribution is 5.40. The Morgan fingerprint density at radius 1 is 1.18 bits per heavy atom. The van der Waals surface area contributed by atoms with Crippen molar-refractivity contribution in [1.82, 2.24) is 15.3 Å². The van der Waals surface area contributed by atoms with E-state index in [0.717, 1.165) is 37.7 Å². The molecule has 4 nitrogen and oxygen atoms in total. The first kappa shape index (κ1) is 12.3. The molecule has 0 radical (unpaired) electrons. The van der Waals surface area contributed by atoms with E-state index in [2.05, 4.69) is 47.0 Å². The molecule has 0 amide bonds. The van der Waals surface area contributed by atoms with Gasteiger partial charge >= 0.3 is 0 Å². The van der Waals surface area contributed by atoms with Crippen molar-refractivity contribution in [2.45, 2.75) is 32.6 Å². The second-order valence-corrected chi connectivity index (χ2v) is 5.60. The molecule has 1 aliphatic rings. The van der Waals surface area contributed by atoms with Crippen LogP contribution in [0.15, 0.2) is 12.4 Å².